The summed E-state index contributed by atoms with van der Waals surface area (Å²) in [6, 6.07) is 6.68. The Hall–Kier alpha value is -2.12. The Balaban J connectivity index is 2.11. The largest absolute Gasteiger partial charge is 0.512 e. The third-order valence-corrected chi connectivity index (χ3v) is 4.18. The van der Waals surface area contributed by atoms with Crippen molar-refractivity contribution in [2.75, 3.05) is 0 Å². The zero-order valence-corrected chi connectivity index (χ0v) is 14.2. The summed E-state index contributed by atoms with van der Waals surface area (Å²) >= 11 is 0. The molecule has 0 bridgehead atoms. The fourth-order valence-electron chi connectivity index (χ4n) is 2.67. The number of hydrogen-bond acceptors (Lipinski definition) is 5. The summed E-state index contributed by atoms with van der Waals surface area (Å²) < 4.78 is 14.3. The molecule has 9 heteroatoms. The molecule has 0 heterocycles. The van der Waals surface area contributed by atoms with Gasteiger partial charge >= 0.3 is 7.75 Å². The van der Waals surface area contributed by atoms with E-state index < -0.39 is 19.6 Å². The van der Waals surface area contributed by atoms with Gasteiger partial charge in [-0.2, -0.15) is 4.76 Å². The highest BCUT2D eigenvalue weighted by molar-refractivity contribution is 7.50. The second kappa shape index (κ2) is 7.84. The van der Waals surface area contributed by atoms with Gasteiger partial charge in [0, 0.05) is 18.1 Å². The van der Waals surface area contributed by atoms with Crippen LogP contribution < -0.4 is 0 Å². The van der Waals surface area contributed by atoms with E-state index in [-0.39, 0.29) is 35.6 Å². The number of rotatable bonds is 6. The Morgan fingerprint density at radius 1 is 1.20 bits per heavy atom. The second-order valence-electron chi connectivity index (χ2n) is 5.75. The molecule has 2 rings (SSSR count). The molecule has 8 nitrogen and oxygen atoms in total. The molecule has 0 fully saturated rings. The van der Waals surface area contributed by atoms with E-state index in [9.17, 15) is 25.0 Å². The molecule has 25 heavy (non-hydrogen) atoms. The number of allylic oxidation sites excluding steroid dienone is 2. The predicted octanol–water partition coefficient (Wildman–Crippen LogP) is 2.27. The first-order chi connectivity index (χ1) is 11.7. The smallest absolute Gasteiger partial charge is 0.448 e. The highest BCUT2D eigenvalue weighted by Crippen LogP contribution is 2.39. The van der Waals surface area contributed by atoms with Crippen molar-refractivity contribution in [1.29, 1.82) is 0 Å². The van der Waals surface area contributed by atoms with Crippen LogP contribution in [0.3, 0.4) is 0 Å². The van der Waals surface area contributed by atoms with E-state index in [4.69, 9.17) is 9.79 Å². The molecule has 0 amide bonds. The van der Waals surface area contributed by atoms with E-state index in [1.165, 1.54) is 0 Å². The van der Waals surface area contributed by atoms with Crippen LogP contribution in [0.15, 0.2) is 52.2 Å². The van der Waals surface area contributed by atoms with Gasteiger partial charge in [0.25, 0.3) is 0 Å². The van der Waals surface area contributed by atoms with Gasteiger partial charge in [-0.3, -0.25) is 0 Å². The zero-order chi connectivity index (χ0) is 18.6. The maximum absolute atomic E-state index is 11.1. The summed E-state index contributed by atoms with van der Waals surface area (Å²) in [5.74, 6) is -0.636. The average Bonchev–Trinajstić information content (AvgIpc) is 2.44. The molecule has 1 aromatic rings. The zero-order valence-electron chi connectivity index (χ0n) is 13.3. The number of aromatic hydroxyl groups is 1. The normalized spacial score (nSPS) is 18.4. The number of hydrogen-bond donors (Lipinski definition) is 6. The van der Waals surface area contributed by atoms with Gasteiger partial charge in [0.1, 0.15) is 17.3 Å². The van der Waals surface area contributed by atoms with Gasteiger partial charge in [0.15, 0.2) is 0 Å². The predicted molar refractivity (Wildman–Crippen MR) is 91.5 cm³/mol. The van der Waals surface area contributed by atoms with Crippen LogP contribution in [-0.4, -0.2) is 42.0 Å². The number of phenols is 1. The van der Waals surface area contributed by atoms with E-state index in [0.717, 1.165) is 11.6 Å². The molecule has 0 aliphatic heterocycles. The molecule has 0 saturated carbocycles. The van der Waals surface area contributed by atoms with Crippen LogP contribution in [0.5, 0.6) is 5.75 Å². The first-order valence-electron chi connectivity index (χ1n) is 7.59. The van der Waals surface area contributed by atoms with Gasteiger partial charge in [-0.05, 0) is 37.0 Å². The lowest BCUT2D eigenvalue weighted by molar-refractivity contribution is 0.196. The standard InChI is InChI=1S/C16H20NO7P/c18-11-5-1-3-10(7-11)4-2-6-14(20)16-13(17-25(22,23)24)8-12(19)9-15(16)21/h1,3,5,7,9,14,18-21H,2,4,6,8H2,(H2,22,23,24). The minimum atomic E-state index is -4.78. The van der Waals surface area contributed by atoms with E-state index in [0.29, 0.717) is 12.8 Å². The van der Waals surface area contributed by atoms with Gasteiger partial charge in [0.2, 0.25) is 0 Å². The van der Waals surface area contributed by atoms with Gasteiger partial charge < -0.3 is 30.2 Å². The van der Waals surface area contributed by atoms with Crippen molar-refractivity contribution >= 4 is 13.5 Å². The molecule has 0 saturated heterocycles. The molecule has 0 spiro atoms. The summed E-state index contributed by atoms with van der Waals surface area (Å²) in [5.41, 5.74) is 0.531. The first-order valence-corrected chi connectivity index (χ1v) is 9.16. The van der Waals surface area contributed by atoms with E-state index in [1.54, 1.807) is 18.2 Å². The summed E-state index contributed by atoms with van der Waals surface area (Å²) in [6.07, 6.45) is 0.794. The molecule has 0 radical (unpaired) electrons. The molecule has 136 valence electrons. The highest BCUT2D eigenvalue weighted by Gasteiger charge is 2.28. The minimum absolute atomic E-state index is 0.1000. The van der Waals surface area contributed by atoms with Crippen molar-refractivity contribution in [2.24, 2.45) is 4.76 Å². The second-order valence-corrected chi connectivity index (χ2v) is 6.98. The van der Waals surface area contributed by atoms with Crippen LogP contribution in [0.25, 0.3) is 0 Å². The summed E-state index contributed by atoms with van der Waals surface area (Å²) in [5, 5.41) is 39.2. The van der Waals surface area contributed by atoms with Crippen LogP contribution in [-0.2, 0) is 11.0 Å². The Labute approximate surface area is 144 Å². The lowest BCUT2D eigenvalue weighted by Crippen LogP contribution is -2.23. The van der Waals surface area contributed by atoms with E-state index in [1.807, 2.05) is 6.07 Å². The molecule has 1 atom stereocenters. The summed E-state index contributed by atoms with van der Waals surface area (Å²) in [6.45, 7) is 0. The number of phenolic OH excluding ortho intramolecular Hbond substituents is 1. The molecular weight excluding hydrogens is 349 g/mol. The SMILES string of the molecule is O=P(O)(O)N=C1CC(O)=CC(O)=C1C(O)CCCc1cccc(O)c1. The molecular formula is C16H20NO7P. The molecule has 0 aromatic heterocycles. The van der Waals surface area contributed by atoms with Gasteiger partial charge in [-0.1, -0.05) is 12.1 Å². The quantitative estimate of drug-likeness (QED) is 0.421. The molecule has 1 aromatic carbocycles. The van der Waals surface area contributed by atoms with Crippen molar-refractivity contribution in [1.82, 2.24) is 0 Å². The molecule has 1 aliphatic rings. The number of aliphatic hydroxyl groups is 3. The Kier molecular flexibility index (Phi) is 6.02. The van der Waals surface area contributed by atoms with Crippen molar-refractivity contribution in [3.63, 3.8) is 0 Å². The topological polar surface area (TPSA) is 151 Å². The maximum Gasteiger partial charge on any atom is 0.448 e. The fourth-order valence-corrected chi connectivity index (χ4v) is 3.16. The third-order valence-electron chi connectivity index (χ3n) is 3.68. The Morgan fingerprint density at radius 2 is 1.92 bits per heavy atom. The number of aliphatic hydroxyl groups excluding tert-OH is 3. The van der Waals surface area contributed by atoms with Crippen LogP contribution in [0, 0.1) is 0 Å². The van der Waals surface area contributed by atoms with Gasteiger partial charge in [-0.15, -0.1) is 0 Å². The van der Waals surface area contributed by atoms with Gasteiger partial charge in [-0.25, -0.2) is 4.57 Å². The highest BCUT2D eigenvalue weighted by atomic mass is 31.2. The Morgan fingerprint density at radius 3 is 2.56 bits per heavy atom. The molecule has 1 aliphatic carbocycles. The van der Waals surface area contributed by atoms with E-state index >= 15 is 0 Å². The average molecular weight is 369 g/mol. The maximum atomic E-state index is 11.1. The van der Waals surface area contributed by atoms with Crippen molar-refractivity contribution in [3.05, 3.63) is 53.0 Å². The molecule has 6 N–H and O–H groups in total. The molecule has 1 unspecified atom stereocenters. The number of benzene rings is 1. The lowest BCUT2D eigenvalue weighted by atomic mass is 9.92. The van der Waals surface area contributed by atoms with E-state index in [2.05, 4.69) is 4.76 Å². The van der Waals surface area contributed by atoms with Crippen LogP contribution in [0.2, 0.25) is 0 Å². The van der Waals surface area contributed by atoms with Crippen LogP contribution >= 0.6 is 7.75 Å². The minimum Gasteiger partial charge on any atom is -0.512 e. The van der Waals surface area contributed by atoms with Gasteiger partial charge in [0.05, 0.1) is 11.8 Å². The monoisotopic (exact) mass is 369 g/mol. The number of aryl methyl sites for hydroxylation is 1. The summed E-state index contributed by atoms with van der Waals surface area (Å²) in [4.78, 5) is 18.0. The van der Waals surface area contributed by atoms with Crippen molar-refractivity contribution in [3.8, 4) is 5.75 Å². The number of nitrogens with zero attached hydrogens (tertiary/aromatic N) is 1. The van der Waals surface area contributed by atoms with Crippen molar-refractivity contribution < 1.29 is 34.8 Å². The third kappa shape index (κ3) is 5.72. The lowest BCUT2D eigenvalue weighted by Gasteiger charge is -2.21. The van der Waals surface area contributed by atoms with Crippen LogP contribution in [0.1, 0.15) is 24.8 Å². The summed E-state index contributed by atoms with van der Waals surface area (Å²) in [7, 11) is -4.78. The fraction of sp³-hybridized carbons (Fsp3) is 0.312. The van der Waals surface area contributed by atoms with Crippen molar-refractivity contribution in [2.45, 2.75) is 31.8 Å². The van der Waals surface area contributed by atoms with Crippen LogP contribution in [0.4, 0.5) is 0 Å². The first kappa shape index (κ1) is 19.2. The Bertz CT molecular complexity index is 778.